The van der Waals surface area contributed by atoms with E-state index >= 15 is 0 Å². The van der Waals surface area contributed by atoms with E-state index in [-0.39, 0.29) is 11.6 Å². The minimum absolute atomic E-state index is 0.197. The molecule has 82 valence electrons. The summed E-state index contributed by atoms with van der Waals surface area (Å²) in [5.74, 6) is 0.185. The molecule has 0 aliphatic heterocycles. The molecule has 16 heavy (non-hydrogen) atoms. The standard InChI is InChI=1S/C13H12FNO/c14-10-6-2-5-9-7-11(16)13(15-12(9)10)8-3-1-4-8/h2,5-8,16H,1,3-4H2. The average molecular weight is 217 g/mol. The fourth-order valence-electron chi connectivity index (χ4n) is 2.15. The van der Waals surface area contributed by atoms with E-state index in [1.54, 1.807) is 18.2 Å². The number of benzene rings is 1. The molecule has 0 radical (unpaired) electrons. The number of hydrogen-bond acceptors (Lipinski definition) is 2. The van der Waals surface area contributed by atoms with Gasteiger partial charge in [0.05, 0.1) is 5.69 Å². The fraction of sp³-hybridized carbons (Fsp3) is 0.308. The largest absolute Gasteiger partial charge is 0.506 e. The van der Waals surface area contributed by atoms with E-state index < -0.39 is 0 Å². The number of para-hydroxylation sites is 1. The van der Waals surface area contributed by atoms with Crippen LogP contribution in [-0.2, 0) is 0 Å². The molecule has 3 heteroatoms. The molecule has 1 N–H and O–H groups in total. The van der Waals surface area contributed by atoms with Crippen molar-refractivity contribution < 1.29 is 9.50 Å². The van der Waals surface area contributed by atoms with Gasteiger partial charge in [-0.15, -0.1) is 0 Å². The van der Waals surface area contributed by atoms with Crippen LogP contribution in [-0.4, -0.2) is 10.1 Å². The van der Waals surface area contributed by atoms with Gasteiger partial charge in [-0.1, -0.05) is 18.6 Å². The van der Waals surface area contributed by atoms with Crippen LogP contribution < -0.4 is 0 Å². The molecule has 0 bridgehead atoms. The molecule has 1 aromatic heterocycles. The molecular formula is C13H12FNO. The van der Waals surface area contributed by atoms with Crippen molar-refractivity contribution in [2.45, 2.75) is 25.2 Å². The normalized spacial score (nSPS) is 16.3. The molecule has 0 amide bonds. The second-order valence-electron chi connectivity index (χ2n) is 4.33. The van der Waals surface area contributed by atoms with Gasteiger partial charge in [0.2, 0.25) is 0 Å². The Bertz CT molecular complexity index is 549. The molecule has 0 saturated heterocycles. The third-order valence-electron chi connectivity index (χ3n) is 3.30. The first kappa shape index (κ1) is 9.58. The first-order valence-electron chi connectivity index (χ1n) is 5.54. The van der Waals surface area contributed by atoms with Crippen molar-refractivity contribution in [2.24, 2.45) is 0 Å². The van der Waals surface area contributed by atoms with E-state index in [4.69, 9.17) is 0 Å². The van der Waals surface area contributed by atoms with Crippen molar-refractivity contribution in [3.05, 3.63) is 35.8 Å². The highest BCUT2D eigenvalue weighted by Gasteiger charge is 2.24. The first-order chi connectivity index (χ1) is 7.75. The lowest BCUT2D eigenvalue weighted by atomic mass is 9.82. The molecule has 2 nitrogen and oxygen atoms in total. The molecule has 1 aromatic carbocycles. The van der Waals surface area contributed by atoms with Gasteiger partial charge in [0.1, 0.15) is 17.1 Å². The smallest absolute Gasteiger partial charge is 0.149 e. The van der Waals surface area contributed by atoms with Gasteiger partial charge in [-0.2, -0.15) is 0 Å². The molecule has 0 atom stereocenters. The van der Waals surface area contributed by atoms with Crippen molar-refractivity contribution in [1.82, 2.24) is 4.98 Å². The van der Waals surface area contributed by atoms with E-state index in [1.807, 2.05) is 0 Å². The predicted molar refractivity (Wildman–Crippen MR) is 60.0 cm³/mol. The van der Waals surface area contributed by atoms with Crippen LogP contribution in [0.5, 0.6) is 5.75 Å². The van der Waals surface area contributed by atoms with Crippen LogP contribution in [0.3, 0.4) is 0 Å². The topological polar surface area (TPSA) is 33.1 Å². The molecule has 1 saturated carbocycles. The minimum atomic E-state index is -0.321. The zero-order chi connectivity index (χ0) is 11.1. The van der Waals surface area contributed by atoms with Gasteiger partial charge in [0.15, 0.2) is 0 Å². The quantitative estimate of drug-likeness (QED) is 0.794. The summed E-state index contributed by atoms with van der Waals surface area (Å²) in [5, 5.41) is 10.5. The summed E-state index contributed by atoms with van der Waals surface area (Å²) in [7, 11) is 0. The molecule has 1 fully saturated rings. The van der Waals surface area contributed by atoms with Crippen LogP contribution >= 0.6 is 0 Å². The number of fused-ring (bicyclic) bond motifs is 1. The zero-order valence-electron chi connectivity index (χ0n) is 8.78. The molecule has 1 aliphatic rings. The van der Waals surface area contributed by atoms with Crippen LogP contribution in [0.15, 0.2) is 24.3 Å². The summed E-state index contributed by atoms with van der Waals surface area (Å²) in [5.41, 5.74) is 1.02. The Morgan fingerprint density at radius 1 is 1.31 bits per heavy atom. The van der Waals surface area contributed by atoms with Crippen LogP contribution in [0, 0.1) is 5.82 Å². The summed E-state index contributed by atoms with van der Waals surface area (Å²) >= 11 is 0. The third-order valence-corrected chi connectivity index (χ3v) is 3.30. The van der Waals surface area contributed by atoms with Gasteiger partial charge in [-0.3, -0.25) is 0 Å². The highest BCUT2D eigenvalue weighted by atomic mass is 19.1. The Balaban J connectivity index is 2.22. The molecule has 0 unspecified atom stereocenters. The van der Waals surface area contributed by atoms with Gasteiger partial charge in [0, 0.05) is 11.3 Å². The van der Waals surface area contributed by atoms with Crippen molar-refractivity contribution >= 4 is 10.9 Å². The summed E-state index contributed by atoms with van der Waals surface area (Å²) in [6.45, 7) is 0. The molecule has 1 heterocycles. The van der Waals surface area contributed by atoms with Gasteiger partial charge in [-0.05, 0) is 25.0 Å². The number of nitrogens with zero attached hydrogens (tertiary/aromatic N) is 1. The number of aromatic hydroxyl groups is 1. The second kappa shape index (κ2) is 3.44. The lowest BCUT2D eigenvalue weighted by Gasteiger charge is -2.25. The number of hydrogen-bond donors (Lipinski definition) is 1. The number of halogens is 1. The second-order valence-corrected chi connectivity index (χ2v) is 4.33. The molecule has 1 aliphatic carbocycles. The van der Waals surface area contributed by atoms with Crippen LogP contribution in [0.4, 0.5) is 4.39 Å². The van der Waals surface area contributed by atoms with Crippen LogP contribution in [0.1, 0.15) is 30.9 Å². The van der Waals surface area contributed by atoms with Gasteiger partial charge >= 0.3 is 0 Å². The Hall–Kier alpha value is -1.64. The Labute approximate surface area is 92.7 Å². The summed E-state index contributed by atoms with van der Waals surface area (Å²) in [6.07, 6.45) is 3.25. The Morgan fingerprint density at radius 2 is 2.12 bits per heavy atom. The van der Waals surface area contributed by atoms with Crippen LogP contribution in [0.2, 0.25) is 0 Å². The Kier molecular flexibility index (Phi) is 2.06. The van der Waals surface area contributed by atoms with Crippen molar-refractivity contribution in [1.29, 1.82) is 0 Å². The number of rotatable bonds is 1. The summed E-state index contributed by atoms with van der Waals surface area (Å²) in [6, 6.07) is 6.40. The van der Waals surface area contributed by atoms with Gasteiger partial charge < -0.3 is 5.11 Å². The maximum atomic E-state index is 13.5. The SMILES string of the molecule is Oc1cc2cccc(F)c2nc1C1CCC1. The third kappa shape index (κ3) is 1.35. The van der Waals surface area contributed by atoms with E-state index in [1.165, 1.54) is 12.5 Å². The van der Waals surface area contributed by atoms with Crippen LogP contribution in [0.25, 0.3) is 10.9 Å². The lowest BCUT2D eigenvalue weighted by Crippen LogP contribution is -2.11. The van der Waals surface area contributed by atoms with E-state index in [9.17, 15) is 9.50 Å². The molecule has 3 rings (SSSR count). The fourth-order valence-corrected chi connectivity index (χ4v) is 2.15. The molecular weight excluding hydrogens is 205 g/mol. The first-order valence-corrected chi connectivity index (χ1v) is 5.54. The summed E-state index contributed by atoms with van der Waals surface area (Å²) < 4.78 is 13.5. The highest BCUT2D eigenvalue weighted by Crippen LogP contribution is 2.40. The molecule has 2 aromatic rings. The highest BCUT2D eigenvalue weighted by molar-refractivity contribution is 5.81. The van der Waals surface area contributed by atoms with Crippen molar-refractivity contribution in [3.8, 4) is 5.75 Å². The van der Waals surface area contributed by atoms with E-state index in [0.717, 1.165) is 12.8 Å². The monoisotopic (exact) mass is 217 g/mol. The average Bonchev–Trinajstić information content (AvgIpc) is 2.18. The molecule has 0 spiro atoms. The van der Waals surface area contributed by atoms with E-state index in [0.29, 0.717) is 22.5 Å². The zero-order valence-corrected chi connectivity index (χ0v) is 8.78. The lowest BCUT2D eigenvalue weighted by molar-refractivity contribution is 0.384. The maximum absolute atomic E-state index is 13.5. The predicted octanol–water partition coefficient (Wildman–Crippen LogP) is 3.35. The number of aromatic nitrogens is 1. The maximum Gasteiger partial charge on any atom is 0.149 e. The van der Waals surface area contributed by atoms with Crippen molar-refractivity contribution in [3.63, 3.8) is 0 Å². The summed E-state index contributed by atoms with van der Waals surface area (Å²) in [4.78, 5) is 4.27. The number of pyridine rings is 1. The Morgan fingerprint density at radius 3 is 2.81 bits per heavy atom. The van der Waals surface area contributed by atoms with E-state index in [2.05, 4.69) is 4.98 Å². The van der Waals surface area contributed by atoms with Gasteiger partial charge in [-0.25, -0.2) is 9.37 Å². The van der Waals surface area contributed by atoms with Crippen molar-refractivity contribution in [2.75, 3.05) is 0 Å². The van der Waals surface area contributed by atoms with Gasteiger partial charge in [0.25, 0.3) is 0 Å². The minimum Gasteiger partial charge on any atom is -0.506 e.